The smallest absolute Gasteiger partial charge is 0.304 e. The third kappa shape index (κ3) is 2.01. The second kappa shape index (κ2) is 4.77. The van der Waals surface area contributed by atoms with Crippen molar-refractivity contribution in [3.05, 3.63) is 33.9 Å². The van der Waals surface area contributed by atoms with Gasteiger partial charge in [-0.05, 0) is 36.8 Å². The highest BCUT2D eigenvalue weighted by Gasteiger charge is 2.39. The molecule has 1 aromatic carbocycles. The van der Waals surface area contributed by atoms with E-state index in [0.29, 0.717) is 11.8 Å². The molecule has 1 amide bonds. The van der Waals surface area contributed by atoms with Crippen LogP contribution in [0.2, 0.25) is 0 Å². The highest BCUT2D eigenvalue weighted by molar-refractivity contribution is 6.00. The Morgan fingerprint density at radius 2 is 1.95 bits per heavy atom. The van der Waals surface area contributed by atoms with E-state index in [9.17, 15) is 14.9 Å². The fourth-order valence-corrected chi connectivity index (χ4v) is 3.51. The molecule has 6 heteroatoms. The van der Waals surface area contributed by atoms with E-state index in [-0.39, 0.29) is 22.8 Å². The number of fused-ring (bicyclic) bond motifs is 1. The van der Waals surface area contributed by atoms with Crippen molar-refractivity contribution < 1.29 is 9.72 Å². The molecule has 1 heterocycles. The first kappa shape index (κ1) is 12.9. The molecule has 2 N–H and O–H groups in total. The van der Waals surface area contributed by atoms with Crippen molar-refractivity contribution in [1.82, 2.24) is 4.90 Å². The van der Waals surface area contributed by atoms with Gasteiger partial charge >= 0.3 is 5.69 Å². The number of nitrogen functional groups attached to an aromatic ring is 1. The highest BCUT2D eigenvalue weighted by atomic mass is 16.6. The fraction of sp³-hybridized carbons (Fsp3) is 0.500. The number of hydrogen-bond donors (Lipinski definition) is 1. The Hall–Kier alpha value is -2.11. The average Bonchev–Trinajstić information content (AvgIpc) is 2.97. The zero-order chi connectivity index (χ0) is 14.3. The number of nitro groups is 1. The van der Waals surface area contributed by atoms with Gasteiger partial charge in [0.2, 0.25) is 0 Å². The molecule has 1 aliphatic carbocycles. The lowest BCUT2D eigenvalue weighted by Gasteiger charge is -2.17. The first-order valence-corrected chi connectivity index (χ1v) is 6.90. The molecule has 1 aromatic rings. The van der Waals surface area contributed by atoms with Crippen LogP contribution in [-0.2, 0) is 0 Å². The van der Waals surface area contributed by atoms with Crippen molar-refractivity contribution in [1.29, 1.82) is 0 Å². The Kier molecular flexibility index (Phi) is 3.08. The molecule has 0 aromatic heterocycles. The fourth-order valence-electron chi connectivity index (χ4n) is 3.51. The second-order valence-electron chi connectivity index (χ2n) is 5.66. The van der Waals surface area contributed by atoms with Gasteiger partial charge in [-0.2, -0.15) is 0 Å². The van der Waals surface area contributed by atoms with Gasteiger partial charge in [0.15, 0.2) is 0 Å². The standard InChI is InChI=1S/C14H17N3O3/c15-12-6-2-5-11(13(12)17(19)20)14(18)16-7-9-3-1-4-10(9)8-16/h2,5-6,9-10H,1,3-4,7-8,15H2. The first-order valence-electron chi connectivity index (χ1n) is 6.90. The maximum atomic E-state index is 12.5. The Labute approximate surface area is 116 Å². The molecular formula is C14H17N3O3. The van der Waals surface area contributed by atoms with Crippen molar-refractivity contribution in [2.24, 2.45) is 11.8 Å². The van der Waals surface area contributed by atoms with Gasteiger partial charge in [0.25, 0.3) is 5.91 Å². The number of nitrogens with two attached hydrogens (primary N) is 1. The van der Waals surface area contributed by atoms with Crippen LogP contribution in [0.5, 0.6) is 0 Å². The Balaban J connectivity index is 1.88. The SMILES string of the molecule is Nc1cccc(C(=O)N2CC3CCCC3C2)c1[N+](=O)[O-]. The maximum Gasteiger partial charge on any atom is 0.304 e. The van der Waals surface area contributed by atoms with Gasteiger partial charge in [-0.15, -0.1) is 0 Å². The van der Waals surface area contributed by atoms with Gasteiger partial charge in [0.1, 0.15) is 11.3 Å². The number of nitro benzene ring substituents is 1. The summed E-state index contributed by atoms with van der Waals surface area (Å²) in [5.41, 5.74) is 5.52. The van der Waals surface area contributed by atoms with Gasteiger partial charge in [0, 0.05) is 13.1 Å². The third-order valence-electron chi connectivity index (χ3n) is 4.49. The molecule has 106 valence electrons. The number of likely N-dealkylation sites (tertiary alicyclic amines) is 1. The van der Waals surface area contributed by atoms with Crippen molar-refractivity contribution in [2.45, 2.75) is 19.3 Å². The quantitative estimate of drug-likeness (QED) is 0.508. The summed E-state index contributed by atoms with van der Waals surface area (Å²) < 4.78 is 0. The highest BCUT2D eigenvalue weighted by Crippen LogP contribution is 2.39. The number of hydrogen-bond acceptors (Lipinski definition) is 4. The minimum absolute atomic E-state index is 0.0419. The molecule has 2 fully saturated rings. The van der Waals surface area contributed by atoms with Crippen LogP contribution in [0.15, 0.2) is 18.2 Å². The van der Waals surface area contributed by atoms with Crippen LogP contribution < -0.4 is 5.73 Å². The lowest BCUT2D eigenvalue weighted by atomic mass is 10.0. The summed E-state index contributed by atoms with van der Waals surface area (Å²) in [7, 11) is 0. The molecule has 6 nitrogen and oxygen atoms in total. The van der Waals surface area contributed by atoms with Crippen LogP contribution in [-0.4, -0.2) is 28.8 Å². The average molecular weight is 275 g/mol. The summed E-state index contributed by atoms with van der Waals surface area (Å²) in [6.45, 7) is 1.44. The lowest BCUT2D eigenvalue weighted by molar-refractivity contribution is -0.384. The molecule has 20 heavy (non-hydrogen) atoms. The number of carbonyl (C=O) groups is 1. The maximum absolute atomic E-state index is 12.5. The number of anilines is 1. The molecule has 0 bridgehead atoms. The molecular weight excluding hydrogens is 258 g/mol. The van der Waals surface area contributed by atoms with Crippen LogP contribution in [0.1, 0.15) is 29.6 Å². The number of carbonyl (C=O) groups excluding carboxylic acids is 1. The van der Waals surface area contributed by atoms with Crippen LogP contribution in [0, 0.1) is 22.0 Å². The van der Waals surface area contributed by atoms with Gasteiger partial charge in [-0.3, -0.25) is 14.9 Å². The van der Waals surface area contributed by atoms with E-state index in [1.165, 1.54) is 18.6 Å². The van der Waals surface area contributed by atoms with E-state index in [1.54, 1.807) is 11.0 Å². The van der Waals surface area contributed by atoms with Gasteiger partial charge in [0.05, 0.1) is 4.92 Å². The van der Waals surface area contributed by atoms with Gasteiger partial charge < -0.3 is 10.6 Å². The first-order chi connectivity index (χ1) is 9.58. The normalized spacial score (nSPS) is 24.7. The van der Waals surface area contributed by atoms with Crippen molar-refractivity contribution in [2.75, 3.05) is 18.8 Å². The molecule has 2 aliphatic rings. The van der Waals surface area contributed by atoms with Crippen LogP contribution >= 0.6 is 0 Å². The molecule has 0 radical (unpaired) electrons. The number of nitrogens with zero attached hydrogens (tertiary/aromatic N) is 2. The Morgan fingerprint density at radius 3 is 2.55 bits per heavy atom. The summed E-state index contributed by atoms with van der Waals surface area (Å²) in [6.07, 6.45) is 3.55. The topological polar surface area (TPSA) is 89.5 Å². The van der Waals surface area contributed by atoms with Crippen LogP contribution in [0.25, 0.3) is 0 Å². The van der Waals surface area contributed by atoms with Gasteiger partial charge in [-0.1, -0.05) is 12.5 Å². The summed E-state index contributed by atoms with van der Waals surface area (Å²) in [6, 6.07) is 4.53. The van der Waals surface area contributed by atoms with Crippen molar-refractivity contribution in [3.63, 3.8) is 0 Å². The lowest BCUT2D eigenvalue weighted by Crippen LogP contribution is -2.30. The van der Waals surface area contributed by atoms with Crippen LogP contribution in [0.3, 0.4) is 0 Å². The van der Waals surface area contributed by atoms with E-state index >= 15 is 0 Å². The van der Waals surface area contributed by atoms with E-state index in [1.807, 2.05) is 0 Å². The molecule has 1 aliphatic heterocycles. The van der Waals surface area contributed by atoms with E-state index in [2.05, 4.69) is 0 Å². The molecule has 3 rings (SSSR count). The van der Waals surface area contributed by atoms with Crippen molar-refractivity contribution >= 4 is 17.3 Å². The number of benzene rings is 1. The van der Waals surface area contributed by atoms with Gasteiger partial charge in [-0.25, -0.2) is 0 Å². The molecule has 1 saturated carbocycles. The number of para-hydroxylation sites is 1. The summed E-state index contributed by atoms with van der Waals surface area (Å²) in [5.74, 6) is 0.872. The molecule has 2 atom stereocenters. The van der Waals surface area contributed by atoms with Crippen molar-refractivity contribution in [3.8, 4) is 0 Å². The molecule has 0 spiro atoms. The molecule has 2 unspecified atom stereocenters. The zero-order valence-corrected chi connectivity index (χ0v) is 11.1. The van der Waals surface area contributed by atoms with E-state index in [4.69, 9.17) is 5.73 Å². The number of rotatable bonds is 2. The zero-order valence-electron chi connectivity index (χ0n) is 11.1. The van der Waals surface area contributed by atoms with E-state index < -0.39 is 4.92 Å². The summed E-state index contributed by atoms with van der Waals surface area (Å²) >= 11 is 0. The third-order valence-corrected chi connectivity index (χ3v) is 4.49. The minimum Gasteiger partial charge on any atom is -0.393 e. The Morgan fingerprint density at radius 1 is 1.30 bits per heavy atom. The summed E-state index contributed by atoms with van der Waals surface area (Å²) in [5, 5.41) is 11.1. The summed E-state index contributed by atoms with van der Waals surface area (Å²) in [4.78, 5) is 24.8. The second-order valence-corrected chi connectivity index (χ2v) is 5.66. The Bertz CT molecular complexity index is 561. The largest absolute Gasteiger partial charge is 0.393 e. The predicted octanol–water partition coefficient (Wildman–Crippen LogP) is 2.05. The monoisotopic (exact) mass is 275 g/mol. The van der Waals surface area contributed by atoms with Crippen LogP contribution in [0.4, 0.5) is 11.4 Å². The predicted molar refractivity (Wildman–Crippen MR) is 74.2 cm³/mol. The number of amides is 1. The molecule has 1 saturated heterocycles. The van der Waals surface area contributed by atoms with E-state index in [0.717, 1.165) is 25.9 Å². The minimum atomic E-state index is -0.570.